The van der Waals surface area contributed by atoms with Gasteiger partial charge in [0.25, 0.3) is 0 Å². The number of benzene rings is 1. The number of morpholine rings is 1. The summed E-state index contributed by atoms with van der Waals surface area (Å²) < 4.78 is 5.57. The molecule has 0 spiro atoms. The molecule has 19 heavy (non-hydrogen) atoms. The van der Waals surface area contributed by atoms with Gasteiger partial charge in [0, 0.05) is 30.2 Å². The Labute approximate surface area is 119 Å². The van der Waals surface area contributed by atoms with Crippen LogP contribution in [0.15, 0.2) is 24.3 Å². The first-order valence-corrected chi connectivity index (χ1v) is 6.97. The molecule has 1 aliphatic heterocycles. The summed E-state index contributed by atoms with van der Waals surface area (Å²) in [5.74, 6) is 0. The minimum atomic E-state index is -0.135. The van der Waals surface area contributed by atoms with Gasteiger partial charge in [-0.25, -0.2) is 0 Å². The van der Waals surface area contributed by atoms with Crippen LogP contribution in [0.5, 0.6) is 0 Å². The quantitative estimate of drug-likeness (QED) is 0.878. The number of nitrogens with two attached hydrogens (primary N) is 1. The molecule has 106 valence electrons. The number of ether oxygens (including phenoxy) is 1. The molecular weight excluding hydrogens is 264 g/mol. The molecule has 3 N–H and O–H groups in total. The molecule has 3 atom stereocenters. The summed E-state index contributed by atoms with van der Waals surface area (Å²) in [6, 6.07) is 8.17. The number of nitrogens with zero attached hydrogens (tertiary/aromatic N) is 1. The first-order valence-electron chi connectivity index (χ1n) is 6.59. The Kier molecular flexibility index (Phi) is 5.19. The van der Waals surface area contributed by atoms with Crippen molar-refractivity contribution in [3.8, 4) is 0 Å². The van der Waals surface area contributed by atoms with Crippen LogP contribution in [0.3, 0.4) is 0 Å². The van der Waals surface area contributed by atoms with E-state index in [1.54, 1.807) is 0 Å². The molecule has 1 aromatic rings. The Balaban J connectivity index is 2.20. The van der Waals surface area contributed by atoms with Crippen molar-refractivity contribution in [1.82, 2.24) is 4.90 Å². The van der Waals surface area contributed by atoms with Crippen LogP contribution in [0.25, 0.3) is 0 Å². The first-order chi connectivity index (χ1) is 9.15. The third-order valence-electron chi connectivity index (χ3n) is 3.61. The minimum absolute atomic E-state index is 0.0378. The third kappa shape index (κ3) is 3.46. The van der Waals surface area contributed by atoms with E-state index in [9.17, 15) is 5.11 Å². The fourth-order valence-corrected chi connectivity index (χ4v) is 2.76. The largest absolute Gasteiger partial charge is 0.394 e. The number of hydrogen-bond donors (Lipinski definition) is 2. The van der Waals surface area contributed by atoms with Crippen LogP contribution in [0, 0.1) is 0 Å². The van der Waals surface area contributed by atoms with Crippen molar-refractivity contribution in [2.24, 2.45) is 5.73 Å². The van der Waals surface area contributed by atoms with E-state index in [-0.39, 0.29) is 24.8 Å². The van der Waals surface area contributed by atoms with Gasteiger partial charge in [-0.1, -0.05) is 23.7 Å². The predicted molar refractivity (Wildman–Crippen MR) is 76.2 cm³/mol. The predicted octanol–water partition coefficient (Wildman–Crippen LogP) is 1.42. The van der Waals surface area contributed by atoms with Crippen molar-refractivity contribution in [2.45, 2.75) is 25.1 Å². The molecule has 0 amide bonds. The highest BCUT2D eigenvalue weighted by molar-refractivity contribution is 6.30. The monoisotopic (exact) mass is 284 g/mol. The maximum absolute atomic E-state index is 9.26. The van der Waals surface area contributed by atoms with E-state index in [4.69, 9.17) is 22.1 Å². The highest BCUT2D eigenvalue weighted by Gasteiger charge is 2.31. The number of aliphatic hydroxyl groups is 1. The van der Waals surface area contributed by atoms with Crippen LogP contribution in [-0.4, -0.2) is 48.5 Å². The van der Waals surface area contributed by atoms with Crippen molar-refractivity contribution in [1.29, 1.82) is 0 Å². The van der Waals surface area contributed by atoms with E-state index in [0.29, 0.717) is 19.7 Å². The van der Waals surface area contributed by atoms with Crippen LogP contribution in [0.1, 0.15) is 18.5 Å². The smallest absolute Gasteiger partial charge is 0.0933 e. The fraction of sp³-hybridized carbons (Fsp3) is 0.571. The summed E-state index contributed by atoms with van der Waals surface area (Å²) in [7, 11) is 0. The minimum Gasteiger partial charge on any atom is -0.394 e. The zero-order chi connectivity index (χ0) is 13.8. The molecule has 1 heterocycles. The maximum atomic E-state index is 9.26. The molecule has 0 saturated carbocycles. The molecule has 1 saturated heterocycles. The van der Waals surface area contributed by atoms with Gasteiger partial charge in [0.1, 0.15) is 0 Å². The zero-order valence-corrected chi connectivity index (χ0v) is 11.9. The van der Waals surface area contributed by atoms with Crippen LogP contribution >= 0.6 is 11.6 Å². The molecule has 5 heteroatoms. The van der Waals surface area contributed by atoms with E-state index in [0.717, 1.165) is 10.6 Å². The van der Waals surface area contributed by atoms with Crippen LogP contribution in [0.2, 0.25) is 5.02 Å². The van der Waals surface area contributed by atoms with Crippen molar-refractivity contribution in [3.63, 3.8) is 0 Å². The number of hydrogen-bond acceptors (Lipinski definition) is 4. The summed E-state index contributed by atoms with van der Waals surface area (Å²) in [5.41, 5.74) is 7.06. The van der Waals surface area contributed by atoms with Crippen molar-refractivity contribution in [3.05, 3.63) is 34.9 Å². The van der Waals surface area contributed by atoms with Crippen molar-refractivity contribution >= 4 is 11.6 Å². The fourth-order valence-electron chi connectivity index (χ4n) is 2.56. The van der Waals surface area contributed by atoms with Gasteiger partial charge in [0.05, 0.1) is 19.3 Å². The maximum Gasteiger partial charge on any atom is 0.0933 e. The van der Waals surface area contributed by atoms with Gasteiger partial charge in [-0.2, -0.15) is 0 Å². The lowest BCUT2D eigenvalue weighted by molar-refractivity contribution is -0.0907. The molecule has 2 rings (SSSR count). The molecule has 0 aromatic heterocycles. The molecule has 0 radical (unpaired) electrons. The Morgan fingerprint density at radius 2 is 2.37 bits per heavy atom. The molecule has 1 aromatic carbocycles. The van der Waals surface area contributed by atoms with E-state index in [1.807, 2.05) is 24.3 Å². The molecule has 1 aliphatic rings. The Bertz CT molecular complexity index is 416. The average molecular weight is 285 g/mol. The zero-order valence-electron chi connectivity index (χ0n) is 11.1. The Hall–Kier alpha value is -0.650. The number of aliphatic hydroxyl groups excluding tert-OH is 1. The van der Waals surface area contributed by atoms with Gasteiger partial charge >= 0.3 is 0 Å². The third-order valence-corrected chi connectivity index (χ3v) is 3.85. The van der Waals surface area contributed by atoms with Gasteiger partial charge in [-0.3, -0.25) is 4.90 Å². The topological polar surface area (TPSA) is 58.7 Å². The van der Waals surface area contributed by atoms with Crippen LogP contribution < -0.4 is 5.73 Å². The lowest BCUT2D eigenvalue weighted by Crippen LogP contribution is -2.52. The van der Waals surface area contributed by atoms with Gasteiger partial charge in [-0.15, -0.1) is 0 Å². The summed E-state index contributed by atoms with van der Waals surface area (Å²) in [6.45, 7) is 3.97. The summed E-state index contributed by atoms with van der Waals surface area (Å²) in [6.07, 6.45) is -0.135. The number of halogens is 1. The van der Waals surface area contributed by atoms with Crippen molar-refractivity contribution in [2.75, 3.05) is 26.3 Å². The molecular formula is C14H21ClN2O2. The van der Waals surface area contributed by atoms with Gasteiger partial charge < -0.3 is 15.6 Å². The Morgan fingerprint density at radius 3 is 3.00 bits per heavy atom. The molecule has 4 nitrogen and oxygen atoms in total. The summed E-state index contributed by atoms with van der Waals surface area (Å²) in [4.78, 5) is 2.29. The highest BCUT2D eigenvalue weighted by atomic mass is 35.5. The highest BCUT2D eigenvalue weighted by Crippen LogP contribution is 2.27. The normalized spacial score (nSPS) is 26.3. The van der Waals surface area contributed by atoms with E-state index < -0.39 is 0 Å². The van der Waals surface area contributed by atoms with E-state index >= 15 is 0 Å². The van der Waals surface area contributed by atoms with Gasteiger partial charge in [0.15, 0.2) is 0 Å². The summed E-state index contributed by atoms with van der Waals surface area (Å²) in [5, 5.41) is 9.98. The molecule has 3 unspecified atom stereocenters. The van der Waals surface area contributed by atoms with E-state index in [1.165, 1.54) is 0 Å². The Morgan fingerprint density at radius 1 is 1.58 bits per heavy atom. The van der Waals surface area contributed by atoms with Crippen molar-refractivity contribution < 1.29 is 9.84 Å². The SMILES string of the molecule is CC1COC(CO)CN1C(CN)c1cccc(Cl)c1. The van der Waals surface area contributed by atoms with Crippen LogP contribution in [-0.2, 0) is 4.74 Å². The average Bonchev–Trinajstić information content (AvgIpc) is 2.42. The van der Waals surface area contributed by atoms with Crippen LogP contribution in [0.4, 0.5) is 0 Å². The second-order valence-corrected chi connectivity index (χ2v) is 5.43. The number of rotatable bonds is 4. The first kappa shape index (κ1) is 14.8. The van der Waals surface area contributed by atoms with Gasteiger partial charge in [-0.05, 0) is 24.6 Å². The second kappa shape index (κ2) is 6.68. The molecule has 0 aliphatic carbocycles. The van der Waals surface area contributed by atoms with Gasteiger partial charge in [0.2, 0.25) is 0 Å². The van der Waals surface area contributed by atoms with E-state index in [2.05, 4.69) is 11.8 Å². The lowest BCUT2D eigenvalue weighted by Gasteiger charge is -2.42. The second-order valence-electron chi connectivity index (χ2n) is 4.99. The lowest BCUT2D eigenvalue weighted by atomic mass is 10.0. The standard InChI is InChI=1S/C14H21ClN2O2/c1-10-9-19-13(8-18)7-17(10)14(6-16)11-3-2-4-12(15)5-11/h2-5,10,13-14,18H,6-9,16H2,1H3. The molecule has 1 fully saturated rings. The molecule has 0 bridgehead atoms. The summed E-state index contributed by atoms with van der Waals surface area (Å²) >= 11 is 6.05.